The van der Waals surface area contributed by atoms with Crippen molar-refractivity contribution < 1.29 is 9.84 Å². The van der Waals surface area contributed by atoms with Crippen molar-refractivity contribution in [3.63, 3.8) is 0 Å². The summed E-state index contributed by atoms with van der Waals surface area (Å²) in [5.74, 6) is 0. The molecular weight excluding hydrogens is 282 g/mol. The zero-order valence-electron chi connectivity index (χ0n) is 12.9. The summed E-state index contributed by atoms with van der Waals surface area (Å²) in [5.41, 5.74) is 1.47. The zero-order chi connectivity index (χ0) is 15.3. The number of hydrogen-bond donors (Lipinski definition) is 1. The molecule has 0 aliphatic heterocycles. The van der Waals surface area contributed by atoms with Gasteiger partial charge in [-0.05, 0) is 11.6 Å². The number of nitrogens with zero attached hydrogens (tertiary/aromatic N) is 3. The van der Waals surface area contributed by atoms with Crippen LogP contribution in [0.4, 0.5) is 0 Å². The minimum atomic E-state index is -1.09. The van der Waals surface area contributed by atoms with Crippen LogP contribution >= 0.6 is 0 Å². The highest BCUT2D eigenvalue weighted by Crippen LogP contribution is 2.20. The Morgan fingerprint density at radius 3 is 2.62 bits per heavy atom. The number of rotatable bonds is 7. The molecule has 0 aliphatic carbocycles. The van der Waals surface area contributed by atoms with Gasteiger partial charge in [0.15, 0.2) is 0 Å². The predicted molar refractivity (Wildman–Crippen MR) is 84.6 cm³/mol. The van der Waals surface area contributed by atoms with Gasteiger partial charge in [-0.1, -0.05) is 55.2 Å². The van der Waals surface area contributed by atoms with Crippen molar-refractivity contribution in [3.8, 4) is 0 Å². The van der Waals surface area contributed by atoms with Crippen LogP contribution in [0.15, 0.2) is 36.5 Å². The Morgan fingerprint density at radius 1 is 1.24 bits per heavy atom. The van der Waals surface area contributed by atoms with Gasteiger partial charge in [0.2, 0.25) is 0 Å². The molecule has 6 heteroatoms. The molecule has 1 aromatic heterocycles. The second-order valence-corrected chi connectivity index (χ2v) is 11.9. The summed E-state index contributed by atoms with van der Waals surface area (Å²) in [5, 5.41) is 18.3. The van der Waals surface area contributed by atoms with Gasteiger partial charge in [0.05, 0.1) is 11.9 Å². The van der Waals surface area contributed by atoms with E-state index < -0.39 is 14.2 Å². The second-order valence-electron chi connectivity index (χ2n) is 6.32. The van der Waals surface area contributed by atoms with Gasteiger partial charge >= 0.3 is 0 Å². The second kappa shape index (κ2) is 6.97. The lowest BCUT2D eigenvalue weighted by atomic mass is 10.1. The monoisotopic (exact) mass is 305 g/mol. The fraction of sp³-hybridized carbons (Fsp3) is 0.467. The van der Waals surface area contributed by atoms with Crippen LogP contribution in [-0.4, -0.2) is 34.8 Å². The Labute approximate surface area is 126 Å². The van der Waals surface area contributed by atoms with Crippen LogP contribution < -0.4 is 0 Å². The summed E-state index contributed by atoms with van der Waals surface area (Å²) in [4.78, 5) is 0. The Morgan fingerprint density at radius 2 is 1.95 bits per heavy atom. The first kappa shape index (κ1) is 15.9. The van der Waals surface area contributed by atoms with Crippen LogP contribution in [0, 0.1) is 0 Å². The highest BCUT2D eigenvalue weighted by atomic mass is 28.3. The summed E-state index contributed by atoms with van der Waals surface area (Å²) >= 11 is 0. The van der Waals surface area contributed by atoms with Crippen LogP contribution in [0.3, 0.4) is 0 Å². The van der Waals surface area contributed by atoms with Crippen molar-refractivity contribution in [1.29, 1.82) is 0 Å². The topological polar surface area (TPSA) is 60.2 Å². The SMILES string of the molecule is C[Si](C)(C)CCOCn1nncc1C(O)c1ccccc1. The molecule has 0 spiro atoms. The molecule has 0 saturated carbocycles. The molecule has 0 aliphatic rings. The Hall–Kier alpha value is -1.50. The molecule has 2 aromatic rings. The van der Waals surface area contributed by atoms with E-state index in [0.29, 0.717) is 12.4 Å². The van der Waals surface area contributed by atoms with E-state index in [1.807, 2.05) is 30.3 Å². The first-order valence-electron chi connectivity index (χ1n) is 7.16. The van der Waals surface area contributed by atoms with Gasteiger partial charge in [-0.2, -0.15) is 0 Å². The normalized spacial score (nSPS) is 13.3. The number of aromatic nitrogens is 3. The number of benzene rings is 1. The van der Waals surface area contributed by atoms with E-state index in [2.05, 4.69) is 30.0 Å². The third-order valence-electron chi connectivity index (χ3n) is 3.25. The Balaban J connectivity index is 1.96. The van der Waals surface area contributed by atoms with Gasteiger partial charge in [0.1, 0.15) is 12.8 Å². The maximum Gasteiger partial charge on any atom is 0.141 e. The molecule has 114 valence electrons. The molecule has 21 heavy (non-hydrogen) atoms. The molecule has 1 N–H and O–H groups in total. The molecule has 2 rings (SSSR count). The van der Waals surface area contributed by atoms with E-state index in [1.54, 1.807) is 10.9 Å². The predicted octanol–water partition coefficient (Wildman–Crippen LogP) is 2.67. The zero-order valence-corrected chi connectivity index (χ0v) is 13.9. The first-order chi connectivity index (χ1) is 9.97. The van der Waals surface area contributed by atoms with Gasteiger partial charge in [-0.15, -0.1) is 5.10 Å². The maximum atomic E-state index is 10.4. The highest BCUT2D eigenvalue weighted by Gasteiger charge is 2.17. The average Bonchev–Trinajstić information content (AvgIpc) is 2.91. The number of hydrogen-bond acceptors (Lipinski definition) is 4. The number of ether oxygens (including phenoxy) is 1. The van der Waals surface area contributed by atoms with Gasteiger partial charge in [-0.25, -0.2) is 4.68 Å². The molecule has 0 amide bonds. The third-order valence-corrected chi connectivity index (χ3v) is 4.96. The van der Waals surface area contributed by atoms with Crippen LogP contribution in [0.1, 0.15) is 17.4 Å². The lowest BCUT2D eigenvalue weighted by Crippen LogP contribution is -2.22. The summed E-state index contributed by atoms with van der Waals surface area (Å²) in [6, 6.07) is 10.6. The fourth-order valence-electron chi connectivity index (χ4n) is 1.91. The molecule has 1 unspecified atom stereocenters. The van der Waals surface area contributed by atoms with Crippen molar-refractivity contribution >= 4 is 8.07 Å². The number of aliphatic hydroxyl groups excluding tert-OH is 1. The van der Waals surface area contributed by atoms with Crippen molar-refractivity contribution in [2.45, 2.75) is 38.5 Å². The van der Waals surface area contributed by atoms with E-state index in [4.69, 9.17) is 4.74 Å². The van der Waals surface area contributed by atoms with E-state index >= 15 is 0 Å². The minimum Gasteiger partial charge on any atom is -0.382 e. The quantitative estimate of drug-likeness (QED) is 0.631. The van der Waals surface area contributed by atoms with Gasteiger partial charge in [-0.3, -0.25) is 0 Å². The van der Waals surface area contributed by atoms with Gasteiger partial charge < -0.3 is 9.84 Å². The van der Waals surface area contributed by atoms with Crippen molar-refractivity contribution in [3.05, 3.63) is 47.8 Å². The summed E-state index contributed by atoms with van der Waals surface area (Å²) in [7, 11) is -1.09. The van der Waals surface area contributed by atoms with E-state index in [1.165, 1.54) is 0 Å². The maximum absolute atomic E-state index is 10.4. The largest absolute Gasteiger partial charge is 0.382 e. The van der Waals surface area contributed by atoms with Crippen LogP contribution in [-0.2, 0) is 11.5 Å². The average molecular weight is 305 g/mol. The summed E-state index contributed by atoms with van der Waals surface area (Å²) in [6.07, 6.45) is 0.848. The van der Waals surface area contributed by atoms with Crippen molar-refractivity contribution in [2.24, 2.45) is 0 Å². The Bertz CT molecular complexity index is 552. The highest BCUT2D eigenvalue weighted by molar-refractivity contribution is 6.76. The lowest BCUT2D eigenvalue weighted by Gasteiger charge is -2.16. The van der Waals surface area contributed by atoms with Gasteiger partial charge in [0, 0.05) is 14.7 Å². The molecule has 0 saturated heterocycles. The molecule has 0 bridgehead atoms. The van der Waals surface area contributed by atoms with E-state index in [9.17, 15) is 5.11 Å². The standard InChI is InChI=1S/C15H23N3O2Si/c1-21(2,3)10-9-20-12-18-14(11-16-17-18)15(19)13-7-5-4-6-8-13/h4-8,11,15,19H,9-10,12H2,1-3H3. The molecule has 5 nitrogen and oxygen atoms in total. The third kappa shape index (κ3) is 4.77. The van der Waals surface area contributed by atoms with E-state index in [0.717, 1.165) is 18.2 Å². The number of aliphatic hydroxyl groups is 1. The lowest BCUT2D eigenvalue weighted by molar-refractivity contribution is 0.0692. The summed E-state index contributed by atoms with van der Waals surface area (Å²) in [6.45, 7) is 7.99. The van der Waals surface area contributed by atoms with Crippen LogP contribution in [0.5, 0.6) is 0 Å². The van der Waals surface area contributed by atoms with Crippen molar-refractivity contribution in [2.75, 3.05) is 6.61 Å². The Kier molecular flexibility index (Phi) is 5.27. The van der Waals surface area contributed by atoms with Crippen LogP contribution in [0.2, 0.25) is 25.7 Å². The van der Waals surface area contributed by atoms with Crippen LogP contribution in [0.25, 0.3) is 0 Å². The molecule has 0 fully saturated rings. The van der Waals surface area contributed by atoms with E-state index in [-0.39, 0.29) is 0 Å². The van der Waals surface area contributed by atoms with Gasteiger partial charge in [0.25, 0.3) is 0 Å². The smallest absolute Gasteiger partial charge is 0.141 e. The van der Waals surface area contributed by atoms with Crippen molar-refractivity contribution in [1.82, 2.24) is 15.0 Å². The first-order valence-corrected chi connectivity index (χ1v) is 10.9. The molecule has 1 atom stereocenters. The summed E-state index contributed by atoms with van der Waals surface area (Å²) < 4.78 is 7.28. The molecule has 0 radical (unpaired) electrons. The molecule has 1 aromatic carbocycles. The minimum absolute atomic E-state index is 0.323. The molecule has 1 heterocycles. The molecular formula is C15H23N3O2Si. The fourth-order valence-corrected chi connectivity index (χ4v) is 2.67.